The second-order valence-corrected chi connectivity index (χ2v) is 3.66. The Bertz CT molecular complexity index is 327. The Labute approximate surface area is 118 Å². The molecule has 0 radical (unpaired) electrons. The molecule has 0 unspecified atom stereocenters. The Hall–Kier alpha value is -1.09. The van der Waals surface area contributed by atoms with Gasteiger partial charge in [0.25, 0.3) is 0 Å². The first-order valence-electron chi connectivity index (χ1n) is 7.22. The predicted molar refractivity (Wildman–Crippen MR) is 82.4 cm³/mol. The lowest BCUT2D eigenvalue weighted by atomic mass is 10.0. The van der Waals surface area contributed by atoms with E-state index in [4.69, 9.17) is 10.5 Å². The molecule has 0 amide bonds. The van der Waals surface area contributed by atoms with E-state index in [0.717, 1.165) is 24.8 Å². The van der Waals surface area contributed by atoms with Gasteiger partial charge >= 0.3 is 0 Å². The van der Waals surface area contributed by atoms with Crippen LogP contribution in [0.1, 0.15) is 51.7 Å². The van der Waals surface area contributed by atoms with E-state index in [2.05, 4.69) is 0 Å². The van der Waals surface area contributed by atoms with E-state index in [-0.39, 0.29) is 5.82 Å². The lowest BCUT2D eigenvalue weighted by Crippen LogP contribution is -2.00. The first-order valence-corrected chi connectivity index (χ1v) is 7.22. The third-order valence-electron chi connectivity index (χ3n) is 2.46. The van der Waals surface area contributed by atoms with Gasteiger partial charge in [0.2, 0.25) is 0 Å². The zero-order valence-corrected chi connectivity index (χ0v) is 13.3. The number of unbranched alkanes of at least 4 members (excludes halogenated alkanes) is 1. The van der Waals surface area contributed by atoms with Crippen LogP contribution in [-0.2, 0) is 6.42 Å². The molecule has 1 rings (SSSR count). The van der Waals surface area contributed by atoms with E-state index in [0.29, 0.717) is 17.9 Å². The molecule has 0 aliphatic carbocycles. The van der Waals surface area contributed by atoms with Crippen molar-refractivity contribution in [3.63, 3.8) is 0 Å². The highest BCUT2D eigenvalue weighted by Gasteiger charge is 2.07. The monoisotopic (exact) mass is 271 g/mol. The second-order valence-electron chi connectivity index (χ2n) is 3.66. The molecule has 1 aromatic carbocycles. The van der Waals surface area contributed by atoms with Crippen molar-refractivity contribution in [1.29, 1.82) is 0 Å². The summed E-state index contributed by atoms with van der Waals surface area (Å²) in [5.41, 5.74) is 7.15. The van der Waals surface area contributed by atoms with Crippen molar-refractivity contribution >= 4 is 0 Å². The molecule has 0 atom stereocenters. The molecule has 0 bridgehead atoms. The maximum absolute atomic E-state index is 13.2. The highest BCUT2D eigenvalue weighted by molar-refractivity contribution is 5.37. The van der Waals surface area contributed by atoms with Crippen LogP contribution in [0.2, 0.25) is 0 Å². The zero-order chi connectivity index (χ0) is 15.3. The molecule has 0 spiro atoms. The summed E-state index contributed by atoms with van der Waals surface area (Å²) in [7, 11) is 1.57. The van der Waals surface area contributed by atoms with Gasteiger partial charge in [-0.2, -0.15) is 0 Å². The fraction of sp³-hybridized carbons (Fsp3) is 0.625. The van der Waals surface area contributed by atoms with E-state index in [9.17, 15) is 4.39 Å². The molecule has 0 saturated carbocycles. The van der Waals surface area contributed by atoms with Gasteiger partial charge in [-0.15, -0.1) is 0 Å². The van der Waals surface area contributed by atoms with Crippen LogP contribution in [0.4, 0.5) is 4.39 Å². The summed E-state index contributed by atoms with van der Waals surface area (Å²) in [6.07, 6.45) is 2.89. The SMILES string of the molecule is CC.CC.COc1cc(F)c(C)cc1CCCCN. The number of rotatable bonds is 5. The minimum absolute atomic E-state index is 0.213. The van der Waals surface area contributed by atoms with Gasteiger partial charge in [0, 0.05) is 6.07 Å². The number of ether oxygens (including phenoxy) is 1. The van der Waals surface area contributed by atoms with E-state index in [1.165, 1.54) is 6.07 Å². The number of aryl methyl sites for hydroxylation is 2. The van der Waals surface area contributed by atoms with E-state index in [1.54, 1.807) is 14.0 Å². The van der Waals surface area contributed by atoms with Gasteiger partial charge in [-0.3, -0.25) is 0 Å². The van der Waals surface area contributed by atoms with Crippen molar-refractivity contribution in [3.8, 4) is 5.75 Å². The standard InChI is InChI=1S/C12H18FNO.2C2H6/c1-9-7-10(5-3-4-6-14)12(15-2)8-11(9)13;2*1-2/h7-8H,3-6,14H2,1-2H3;2*1-2H3. The molecule has 2 N–H and O–H groups in total. The molecule has 112 valence electrons. The van der Waals surface area contributed by atoms with Crippen molar-refractivity contribution in [3.05, 3.63) is 29.1 Å². The quantitative estimate of drug-likeness (QED) is 0.802. The van der Waals surface area contributed by atoms with Crippen LogP contribution in [0, 0.1) is 12.7 Å². The van der Waals surface area contributed by atoms with Gasteiger partial charge in [-0.05, 0) is 49.9 Å². The Kier molecular flexibility index (Phi) is 14.2. The van der Waals surface area contributed by atoms with Gasteiger partial charge in [0.05, 0.1) is 7.11 Å². The molecule has 0 aromatic heterocycles. The average Bonchev–Trinajstić information content (AvgIpc) is 2.47. The fourth-order valence-corrected chi connectivity index (χ4v) is 1.57. The Balaban J connectivity index is 0. The first-order chi connectivity index (χ1) is 9.19. The van der Waals surface area contributed by atoms with Crippen LogP contribution < -0.4 is 10.5 Å². The van der Waals surface area contributed by atoms with Crippen LogP contribution in [0.15, 0.2) is 12.1 Å². The lowest BCUT2D eigenvalue weighted by Gasteiger charge is -2.10. The zero-order valence-electron chi connectivity index (χ0n) is 13.3. The maximum atomic E-state index is 13.2. The van der Waals surface area contributed by atoms with Crippen LogP contribution in [-0.4, -0.2) is 13.7 Å². The van der Waals surface area contributed by atoms with Gasteiger partial charge in [-0.1, -0.05) is 27.7 Å². The molecule has 0 heterocycles. The number of methoxy groups -OCH3 is 1. The highest BCUT2D eigenvalue weighted by Crippen LogP contribution is 2.23. The fourth-order valence-electron chi connectivity index (χ4n) is 1.57. The summed E-state index contributed by atoms with van der Waals surface area (Å²) in [5.74, 6) is 0.421. The summed E-state index contributed by atoms with van der Waals surface area (Å²) < 4.78 is 18.4. The van der Waals surface area contributed by atoms with Crippen molar-refractivity contribution in [2.75, 3.05) is 13.7 Å². The molecule has 3 heteroatoms. The van der Waals surface area contributed by atoms with Crippen molar-refractivity contribution in [2.45, 2.75) is 53.9 Å². The smallest absolute Gasteiger partial charge is 0.129 e. The lowest BCUT2D eigenvalue weighted by molar-refractivity contribution is 0.405. The highest BCUT2D eigenvalue weighted by atomic mass is 19.1. The van der Waals surface area contributed by atoms with E-state index >= 15 is 0 Å². The van der Waals surface area contributed by atoms with Crippen LogP contribution >= 0.6 is 0 Å². The van der Waals surface area contributed by atoms with Crippen LogP contribution in [0.3, 0.4) is 0 Å². The number of benzene rings is 1. The van der Waals surface area contributed by atoms with Gasteiger partial charge in [0.15, 0.2) is 0 Å². The molecular formula is C16H30FNO. The van der Waals surface area contributed by atoms with Gasteiger partial charge < -0.3 is 10.5 Å². The molecule has 0 aliphatic heterocycles. The normalized spacial score (nSPS) is 8.84. The molecule has 0 aliphatic rings. The third kappa shape index (κ3) is 7.83. The largest absolute Gasteiger partial charge is 0.496 e. The Morgan fingerprint density at radius 2 is 1.68 bits per heavy atom. The maximum Gasteiger partial charge on any atom is 0.129 e. The first kappa shape index (κ1) is 20.2. The summed E-state index contributed by atoms with van der Waals surface area (Å²) in [6.45, 7) is 10.5. The number of hydrogen-bond donors (Lipinski definition) is 1. The van der Waals surface area contributed by atoms with Crippen molar-refractivity contribution in [2.24, 2.45) is 5.73 Å². The molecule has 2 nitrogen and oxygen atoms in total. The molecular weight excluding hydrogens is 241 g/mol. The summed E-state index contributed by atoms with van der Waals surface area (Å²) in [6, 6.07) is 3.30. The van der Waals surface area contributed by atoms with E-state index < -0.39 is 0 Å². The molecule has 19 heavy (non-hydrogen) atoms. The second kappa shape index (κ2) is 13.3. The number of nitrogens with two attached hydrogens (primary N) is 1. The average molecular weight is 271 g/mol. The van der Waals surface area contributed by atoms with Crippen molar-refractivity contribution in [1.82, 2.24) is 0 Å². The van der Waals surface area contributed by atoms with Crippen molar-refractivity contribution < 1.29 is 9.13 Å². The number of hydrogen-bond acceptors (Lipinski definition) is 2. The molecule has 1 aromatic rings. The Morgan fingerprint density at radius 3 is 2.16 bits per heavy atom. The molecule has 0 fully saturated rings. The minimum atomic E-state index is -0.213. The predicted octanol–water partition coefficient (Wildman–Crippen LogP) is 4.48. The number of halogens is 1. The van der Waals surface area contributed by atoms with Gasteiger partial charge in [-0.25, -0.2) is 4.39 Å². The van der Waals surface area contributed by atoms with Crippen LogP contribution in [0.5, 0.6) is 5.75 Å². The summed E-state index contributed by atoms with van der Waals surface area (Å²) >= 11 is 0. The van der Waals surface area contributed by atoms with Crippen LogP contribution in [0.25, 0.3) is 0 Å². The minimum Gasteiger partial charge on any atom is -0.496 e. The molecule has 0 saturated heterocycles. The third-order valence-corrected chi connectivity index (χ3v) is 2.46. The van der Waals surface area contributed by atoms with Gasteiger partial charge in [0.1, 0.15) is 11.6 Å². The summed E-state index contributed by atoms with van der Waals surface area (Å²) in [4.78, 5) is 0. The summed E-state index contributed by atoms with van der Waals surface area (Å²) in [5, 5.41) is 0. The Morgan fingerprint density at radius 1 is 1.11 bits per heavy atom. The topological polar surface area (TPSA) is 35.2 Å². The van der Waals surface area contributed by atoms with E-state index in [1.807, 2.05) is 33.8 Å².